The van der Waals surface area contributed by atoms with Crippen LogP contribution >= 0.6 is 0 Å². The quantitative estimate of drug-likeness (QED) is 0.750. The van der Waals surface area contributed by atoms with Crippen molar-refractivity contribution in [2.45, 2.75) is 71.3 Å². The minimum Gasteiger partial charge on any atom is -0.356 e. The van der Waals surface area contributed by atoms with Crippen LogP contribution in [0.3, 0.4) is 0 Å². The molecule has 0 saturated heterocycles. The van der Waals surface area contributed by atoms with Gasteiger partial charge in [-0.3, -0.25) is 4.79 Å². The highest BCUT2D eigenvalue weighted by atomic mass is 16.1. The van der Waals surface area contributed by atoms with Crippen molar-refractivity contribution in [3.63, 3.8) is 0 Å². The maximum Gasteiger partial charge on any atom is 0.220 e. The molecule has 1 aliphatic rings. The van der Waals surface area contributed by atoms with E-state index in [4.69, 9.17) is 5.73 Å². The number of carbonyl (C=O) groups excluding carboxylic acids is 1. The second kappa shape index (κ2) is 7.00. The topological polar surface area (TPSA) is 55.1 Å². The number of amides is 1. The third-order valence-corrected chi connectivity index (χ3v) is 3.84. The molecule has 0 spiro atoms. The van der Waals surface area contributed by atoms with Crippen LogP contribution in [0.5, 0.6) is 0 Å². The van der Waals surface area contributed by atoms with Crippen molar-refractivity contribution in [3.8, 4) is 0 Å². The molecule has 0 aromatic rings. The fraction of sp³-hybridized carbons (Fsp3) is 0.929. The van der Waals surface area contributed by atoms with Crippen molar-refractivity contribution < 1.29 is 4.79 Å². The number of rotatable bonds is 6. The standard InChI is InChI=1S/C14H28N2O/c1-12(15)7-6-8-13(17)16-11-14(2)9-4-3-5-10-14/h12H,3-11,15H2,1-2H3,(H,16,17). The van der Waals surface area contributed by atoms with E-state index < -0.39 is 0 Å². The van der Waals surface area contributed by atoms with Gasteiger partial charge in [0.25, 0.3) is 0 Å². The van der Waals surface area contributed by atoms with Gasteiger partial charge in [-0.1, -0.05) is 26.2 Å². The first kappa shape index (κ1) is 14.5. The van der Waals surface area contributed by atoms with Gasteiger partial charge in [0.1, 0.15) is 0 Å². The van der Waals surface area contributed by atoms with E-state index in [0.29, 0.717) is 11.8 Å². The Balaban J connectivity index is 2.14. The number of nitrogens with one attached hydrogen (secondary N) is 1. The molecule has 1 fully saturated rings. The zero-order chi connectivity index (χ0) is 12.7. The minimum absolute atomic E-state index is 0.192. The van der Waals surface area contributed by atoms with E-state index in [2.05, 4.69) is 12.2 Å². The van der Waals surface area contributed by atoms with Crippen molar-refractivity contribution in [1.29, 1.82) is 0 Å². The van der Waals surface area contributed by atoms with Gasteiger partial charge in [-0.05, 0) is 38.0 Å². The first-order valence-electron chi connectivity index (χ1n) is 7.04. The number of hydrogen-bond donors (Lipinski definition) is 2. The molecule has 1 rings (SSSR count). The van der Waals surface area contributed by atoms with Gasteiger partial charge in [-0.2, -0.15) is 0 Å². The zero-order valence-electron chi connectivity index (χ0n) is 11.4. The molecule has 1 unspecified atom stereocenters. The highest BCUT2D eigenvalue weighted by Gasteiger charge is 2.26. The molecule has 3 nitrogen and oxygen atoms in total. The van der Waals surface area contributed by atoms with Gasteiger partial charge >= 0.3 is 0 Å². The highest BCUT2D eigenvalue weighted by Crippen LogP contribution is 2.34. The average Bonchev–Trinajstić information content (AvgIpc) is 2.27. The van der Waals surface area contributed by atoms with E-state index >= 15 is 0 Å². The molecule has 0 radical (unpaired) electrons. The largest absolute Gasteiger partial charge is 0.356 e. The van der Waals surface area contributed by atoms with Crippen LogP contribution in [0.1, 0.15) is 65.2 Å². The van der Waals surface area contributed by atoms with E-state index in [1.54, 1.807) is 0 Å². The van der Waals surface area contributed by atoms with Gasteiger partial charge in [-0.25, -0.2) is 0 Å². The highest BCUT2D eigenvalue weighted by molar-refractivity contribution is 5.75. The molecule has 0 aromatic carbocycles. The van der Waals surface area contributed by atoms with Crippen LogP contribution in [0.2, 0.25) is 0 Å². The van der Waals surface area contributed by atoms with E-state index in [9.17, 15) is 4.79 Å². The molecule has 1 saturated carbocycles. The van der Waals surface area contributed by atoms with Gasteiger partial charge in [0.05, 0.1) is 0 Å². The van der Waals surface area contributed by atoms with Crippen molar-refractivity contribution in [1.82, 2.24) is 5.32 Å². The fourth-order valence-electron chi connectivity index (χ4n) is 2.57. The normalized spacial score (nSPS) is 20.9. The van der Waals surface area contributed by atoms with Crippen LogP contribution < -0.4 is 11.1 Å². The van der Waals surface area contributed by atoms with Gasteiger partial charge in [0.15, 0.2) is 0 Å². The monoisotopic (exact) mass is 240 g/mol. The predicted molar refractivity (Wildman–Crippen MR) is 71.7 cm³/mol. The van der Waals surface area contributed by atoms with Crippen LogP contribution in [-0.2, 0) is 4.79 Å². The molecular weight excluding hydrogens is 212 g/mol. The maximum absolute atomic E-state index is 11.7. The molecule has 0 bridgehead atoms. The number of hydrogen-bond acceptors (Lipinski definition) is 2. The fourth-order valence-corrected chi connectivity index (χ4v) is 2.57. The minimum atomic E-state index is 0.192. The lowest BCUT2D eigenvalue weighted by Crippen LogP contribution is -2.37. The Morgan fingerprint density at radius 2 is 2.00 bits per heavy atom. The average molecular weight is 240 g/mol. The molecule has 0 aromatic heterocycles. The molecule has 0 aliphatic heterocycles. The predicted octanol–water partition coefficient (Wildman–Crippen LogP) is 2.59. The molecule has 3 heteroatoms. The lowest BCUT2D eigenvalue weighted by molar-refractivity contribution is -0.121. The summed E-state index contributed by atoms with van der Waals surface area (Å²) in [5.41, 5.74) is 6.00. The van der Waals surface area contributed by atoms with E-state index in [1.165, 1.54) is 32.1 Å². The molecule has 3 N–H and O–H groups in total. The Labute approximate surface area is 106 Å². The lowest BCUT2D eigenvalue weighted by Gasteiger charge is -2.33. The molecule has 1 amide bonds. The summed E-state index contributed by atoms with van der Waals surface area (Å²) in [6.07, 6.45) is 8.97. The van der Waals surface area contributed by atoms with E-state index in [-0.39, 0.29) is 11.9 Å². The molecular formula is C14H28N2O. The van der Waals surface area contributed by atoms with Gasteiger partial charge in [0, 0.05) is 19.0 Å². The Hall–Kier alpha value is -0.570. The summed E-state index contributed by atoms with van der Waals surface area (Å²) in [6.45, 7) is 5.14. The Morgan fingerprint density at radius 3 is 2.59 bits per heavy atom. The number of carbonyl (C=O) groups is 1. The van der Waals surface area contributed by atoms with Gasteiger partial charge < -0.3 is 11.1 Å². The smallest absolute Gasteiger partial charge is 0.220 e. The molecule has 100 valence electrons. The second-order valence-corrected chi connectivity index (χ2v) is 6.02. The Kier molecular flexibility index (Phi) is 5.96. The van der Waals surface area contributed by atoms with Gasteiger partial charge in [-0.15, -0.1) is 0 Å². The summed E-state index contributed by atoms with van der Waals surface area (Å²) in [4.78, 5) is 11.7. The summed E-state index contributed by atoms with van der Waals surface area (Å²) >= 11 is 0. The lowest BCUT2D eigenvalue weighted by atomic mass is 9.76. The summed E-state index contributed by atoms with van der Waals surface area (Å²) in [5, 5.41) is 3.09. The van der Waals surface area contributed by atoms with E-state index in [1.807, 2.05) is 6.92 Å². The third-order valence-electron chi connectivity index (χ3n) is 3.84. The van der Waals surface area contributed by atoms with Crippen molar-refractivity contribution in [3.05, 3.63) is 0 Å². The Morgan fingerprint density at radius 1 is 1.35 bits per heavy atom. The molecule has 1 atom stereocenters. The summed E-state index contributed by atoms with van der Waals surface area (Å²) in [7, 11) is 0. The van der Waals surface area contributed by atoms with E-state index in [0.717, 1.165) is 19.4 Å². The first-order chi connectivity index (χ1) is 8.02. The van der Waals surface area contributed by atoms with Crippen molar-refractivity contribution in [2.75, 3.05) is 6.54 Å². The summed E-state index contributed by atoms with van der Waals surface area (Å²) in [6, 6.07) is 0.207. The third kappa shape index (κ3) is 6.06. The number of nitrogens with two attached hydrogens (primary N) is 1. The maximum atomic E-state index is 11.7. The SMILES string of the molecule is CC(N)CCCC(=O)NCC1(C)CCCCC1. The van der Waals surface area contributed by atoms with Crippen LogP contribution in [-0.4, -0.2) is 18.5 Å². The van der Waals surface area contributed by atoms with Crippen LogP contribution in [0.25, 0.3) is 0 Å². The van der Waals surface area contributed by atoms with Gasteiger partial charge in [0.2, 0.25) is 5.91 Å². The summed E-state index contributed by atoms with van der Waals surface area (Å²) < 4.78 is 0. The van der Waals surface area contributed by atoms with Crippen LogP contribution in [0.4, 0.5) is 0 Å². The summed E-state index contributed by atoms with van der Waals surface area (Å²) in [5.74, 6) is 0.192. The first-order valence-corrected chi connectivity index (χ1v) is 7.04. The van der Waals surface area contributed by atoms with Crippen molar-refractivity contribution >= 4 is 5.91 Å². The van der Waals surface area contributed by atoms with Crippen molar-refractivity contribution in [2.24, 2.45) is 11.1 Å². The molecule has 17 heavy (non-hydrogen) atoms. The molecule has 1 aliphatic carbocycles. The second-order valence-electron chi connectivity index (χ2n) is 6.02. The Bertz CT molecular complexity index is 232. The molecule has 0 heterocycles. The van der Waals surface area contributed by atoms with Crippen LogP contribution in [0, 0.1) is 5.41 Å². The zero-order valence-corrected chi connectivity index (χ0v) is 11.4. The van der Waals surface area contributed by atoms with Crippen LogP contribution in [0.15, 0.2) is 0 Å².